The molecule has 0 aromatic heterocycles. The van der Waals surface area contributed by atoms with Gasteiger partial charge in [-0.1, -0.05) is 0 Å². The van der Waals surface area contributed by atoms with E-state index < -0.39 is 5.91 Å². The zero-order valence-electron chi connectivity index (χ0n) is 4.16. The lowest BCUT2D eigenvalue weighted by molar-refractivity contribution is -0.114. The molecule has 0 unspecified atom stereocenters. The van der Waals surface area contributed by atoms with Crippen LogP contribution < -0.4 is 5.73 Å². The van der Waals surface area contributed by atoms with Crippen LogP contribution >= 0.6 is 0 Å². The number of hydrogen-bond acceptors (Lipinski definition) is 3. The Kier molecular flexibility index (Phi) is 1.07. The quantitative estimate of drug-likeness (QED) is 0.501. The zero-order chi connectivity index (χ0) is 5.98. The predicted octanol–water partition coefficient (Wildman–Crippen LogP) is -0.179. The molecule has 0 aliphatic carbocycles. The van der Waals surface area contributed by atoms with Gasteiger partial charge in [0.2, 0.25) is 5.91 Å². The van der Waals surface area contributed by atoms with Crippen LogP contribution in [0.1, 0.15) is 0 Å². The maximum absolute atomic E-state index is 10.2. The highest BCUT2D eigenvalue weighted by atomic mass is 16.1. The topological polar surface area (TPSA) is 67.8 Å². The van der Waals surface area contributed by atoms with Crippen molar-refractivity contribution in [2.75, 3.05) is 6.54 Å². The summed E-state index contributed by atoms with van der Waals surface area (Å²) in [5.41, 5.74) is 5.35. The molecule has 1 rings (SSSR count). The van der Waals surface area contributed by atoms with Crippen LogP contribution in [0.15, 0.2) is 22.0 Å². The van der Waals surface area contributed by atoms with E-state index in [1.165, 1.54) is 6.20 Å². The Morgan fingerprint density at radius 1 is 1.88 bits per heavy atom. The van der Waals surface area contributed by atoms with Gasteiger partial charge in [-0.3, -0.25) is 4.79 Å². The first kappa shape index (κ1) is 4.96. The zero-order valence-corrected chi connectivity index (χ0v) is 4.16. The molecule has 0 spiro atoms. The molecule has 0 bridgehead atoms. The van der Waals surface area contributed by atoms with Crippen LogP contribution in [0.2, 0.25) is 0 Å². The minimum Gasteiger partial charge on any atom is -0.366 e. The third-order valence-corrected chi connectivity index (χ3v) is 0.853. The average Bonchev–Trinajstić information content (AvgIpc) is 2.12. The Bertz CT molecular complexity index is 170. The highest BCUT2D eigenvalue weighted by Crippen LogP contribution is 2.01. The lowest BCUT2D eigenvalue weighted by atomic mass is 10.3. The summed E-state index contributed by atoms with van der Waals surface area (Å²) < 4.78 is 0. The van der Waals surface area contributed by atoms with Crippen LogP contribution in [-0.2, 0) is 4.79 Å². The van der Waals surface area contributed by atoms with Crippen molar-refractivity contribution in [3.05, 3.63) is 11.8 Å². The molecule has 1 amide bonds. The fourth-order valence-electron chi connectivity index (χ4n) is 0.410. The summed E-state index contributed by atoms with van der Waals surface area (Å²) in [5, 5.41) is 6.97. The Morgan fingerprint density at radius 3 is 2.88 bits per heavy atom. The van der Waals surface area contributed by atoms with E-state index >= 15 is 0 Å². The van der Waals surface area contributed by atoms with Crippen LogP contribution in [0.5, 0.6) is 0 Å². The number of primary amides is 1. The largest absolute Gasteiger partial charge is 0.366 e. The lowest BCUT2D eigenvalue weighted by Crippen LogP contribution is -2.14. The van der Waals surface area contributed by atoms with Crippen molar-refractivity contribution >= 4 is 5.91 Å². The summed E-state index contributed by atoms with van der Waals surface area (Å²) in [4.78, 5) is 10.2. The molecule has 0 saturated carbocycles. The molecule has 4 heteroatoms. The fourth-order valence-corrected chi connectivity index (χ4v) is 0.410. The summed E-state index contributed by atoms with van der Waals surface area (Å²) in [6.07, 6.45) is 1.38. The van der Waals surface area contributed by atoms with Crippen molar-refractivity contribution in [3.63, 3.8) is 0 Å². The number of nitrogens with zero attached hydrogens (tertiary/aromatic N) is 2. The first-order valence-electron chi connectivity index (χ1n) is 2.16. The van der Waals surface area contributed by atoms with Gasteiger partial charge in [0.05, 0.1) is 18.3 Å². The molecular weight excluding hydrogens is 106 g/mol. The van der Waals surface area contributed by atoms with Crippen LogP contribution in [0, 0.1) is 0 Å². The van der Waals surface area contributed by atoms with Gasteiger partial charge >= 0.3 is 0 Å². The molecule has 0 atom stereocenters. The van der Waals surface area contributed by atoms with Crippen molar-refractivity contribution in [1.82, 2.24) is 0 Å². The maximum atomic E-state index is 10.2. The van der Waals surface area contributed by atoms with E-state index in [0.29, 0.717) is 12.1 Å². The second kappa shape index (κ2) is 1.73. The van der Waals surface area contributed by atoms with E-state index in [1.54, 1.807) is 0 Å². The molecule has 0 radical (unpaired) electrons. The molecule has 4 nitrogen and oxygen atoms in total. The first-order valence-corrected chi connectivity index (χ1v) is 2.16. The highest BCUT2D eigenvalue weighted by molar-refractivity contribution is 5.92. The predicted molar refractivity (Wildman–Crippen MR) is 27.0 cm³/mol. The number of hydrogen-bond donors (Lipinski definition) is 1. The third-order valence-electron chi connectivity index (χ3n) is 0.853. The second-order valence-corrected chi connectivity index (χ2v) is 1.43. The summed E-state index contributed by atoms with van der Waals surface area (Å²) in [6, 6.07) is 0. The molecule has 1 aliphatic heterocycles. The van der Waals surface area contributed by atoms with Crippen molar-refractivity contribution in [1.29, 1.82) is 0 Å². The molecule has 0 saturated heterocycles. The van der Waals surface area contributed by atoms with Gasteiger partial charge in [-0.25, -0.2) is 0 Å². The number of amides is 1. The monoisotopic (exact) mass is 111 g/mol. The van der Waals surface area contributed by atoms with Crippen LogP contribution in [0.3, 0.4) is 0 Å². The summed E-state index contributed by atoms with van der Waals surface area (Å²) in [5.74, 6) is -0.435. The Hall–Kier alpha value is -1.19. The van der Waals surface area contributed by atoms with Crippen LogP contribution in [-0.4, -0.2) is 12.5 Å². The van der Waals surface area contributed by atoms with Gasteiger partial charge in [0.15, 0.2) is 0 Å². The van der Waals surface area contributed by atoms with Gasteiger partial charge in [-0.15, -0.1) is 0 Å². The summed E-state index contributed by atoms with van der Waals surface area (Å²) in [6.45, 7) is 0.343. The van der Waals surface area contributed by atoms with Crippen LogP contribution in [0.25, 0.3) is 0 Å². The van der Waals surface area contributed by atoms with Gasteiger partial charge in [0.1, 0.15) is 0 Å². The smallest absolute Gasteiger partial charge is 0.248 e. The average molecular weight is 111 g/mol. The summed E-state index contributed by atoms with van der Waals surface area (Å²) in [7, 11) is 0. The maximum Gasteiger partial charge on any atom is 0.248 e. The number of carbonyl (C=O) groups excluding carboxylic acids is 1. The number of rotatable bonds is 1. The highest BCUT2D eigenvalue weighted by Gasteiger charge is 2.05. The van der Waals surface area contributed by atoms with E-state index in [2.05, 4.69) is 10.2 Å². The van der Waals surface area contributed by atoms with Crippen molar-refractivity contribution in [3.8, 4) is 0 Å². The minimum atomic E-state index is -0.435. The van der Waals surface area contributed by atoms with Crippen molar-refractivity contribution < 1.29 is 4.79 Å². The first-order chi connectivity index (χ1) is 3.80. The molecule has 0 aromatic carbocycles. The standard InChI is InChI=1S/C4H5N3O/c5-4(8)3-1-6-7-2-3/h1H,2H2,(H2,5,8). The Labute approximate surface area is 46.1 Å². The fraction of sp³-hybridized carbons (Fsp3) is 0.250. The minimum absolute atomic E-state index is 0.343. The van der Waals surface area contributed by atoms with Gasteiger partial charge in [0.25, 0.3) is 0 Å². The summed E-state index contributed by atoms with van der Waals surface area (Å²) >= 11 is 0. The van der Waals surface area contributed by atoms with E-state index in [9.17, 15) is 4.79 Å². The van der Waals surface area contributed by atoms with Crippen molar-refractivity contribution in [2.45, 2.75) is 0 Å². The van der Waals surface area contributed by atoms with E-state index in [0.717, 1.165) is 0 Å². The number of carbonyl (C=O) groups is 1. The molecule has 1 heterocycles. The Morgan fingerprint density at radius 2 is 2.62 bits per heavy atom. The molecule has 0 aromatic rings. The Balaban J connectivity index is 2.64. The van der Waals surface area contributed by atoms with Crippen molar-refractivity contribution in [2.24, 2.45) is 16.0 Å². The van der Waals surface area contributed by atoms with Gasteiger partial charge in [-0.05, 0) is 0 Å². The SMILES string of the molecule is NC(=O)C1=CN=NC1. The van der Waals surface area contributed by atoms with Gasteiger partial charge in [0, 0.05) is 0 Å². The molecular formula is C4H5N3O. The van der Waals surface area contributed by atoms with Crippen LogP contribution in [0.4, 0.5) is 0 Å². The van der Waals surface area contributed by atoms with E-state index in [-0.39, 0.29) is 0 Å². The van der Waals surface area contributed by atoms with E-state index in [1.807, 2.05) is 0 Å². The third kappa shape index (κ3) is 0.726. The van der Waals surface area contributed by atoms with Gasteiger partial charge < -0.3 is 5.73 Å². The van der Waals surface area contributed by atoms with Gasteiger partial charge in [-0.2, -0.15) is 10.2 Å². The number of nitrogens with two attached hydrogens (primary N) is 1. The lowest BCUT2D eigenvalue weighted by Gasteiger charge is -1.85. The normalized spacial score (nSPS) is 16.2. The number of azo groups is 1. The molecule has 0 fully saturated rings. The molecule has 42 valence electrons. The van der Waals surface area contributed by atoms with E-state index in [4.69, 9.17) is 5.73 Å². The second-order valence-electron chi connectivity index (χ2n) is 1.43. The molecule has 8 heavy (non-hydrogen) atoms. The molecule has 2 N–H and O–H groups in total. The molecule has 1 aliphatic rings.